The second-order valence-corrected chi connectivity index (χ2v) is 10.7. The molecular formula is C30H38N6O10S. The van der Waals surface area contributed by atoms with Crippen molar-refractivity contribution in [2.24, 2.45) is 15.7 Å². The molecule has 7 N–H and O–H groups in total. The van der Waals surface area contributed by atoms with Crippen LogP contribution in [0.1, 0.15) is 11.1 Å². The van der Waals surface area contributed by atoms with E-state index in [1.54, 1.807) is 36.4 Å². The number of hydrogen-bond donors (Lipinski definition) is 6. The number of carboxylic acids is 3. The monoisotopic (exact) mass is 674 g/mol. The van der Waals surface area contributed by atoms with E-state index < -0.39 is 55.7 Å². The van der Waals surface area contributed by atoms with Crippen LogP contribution in [-0.4, -0.2) is 140 Å². The van der Waals surface area contributed by atoms with E-state index in [2.05, 4.69) is 27.4 Å². The molecule has 2 unspecified atom stereocenters. The number of carbonyl (C=O) groups excluding carboxylic acids is 1. The molecule has 2 atom stereocenters. The SMILES string of the molecule is NC(=O)CN(CCN(CC(=O)O)CC(Cc1ccc(N=C=S)cc1)N(CO/C=N/C(O)Cc1ccc(O)cc1)CC(=O)O)CC(=O)O. The van der Waals surface area contributed by atoms with E-state index in [9.17, 15) is 44.7 Å². The molecule has 16 nitrogen and oxygen atoms in total. The zero-order valence-corrected chi connectivity index (χ0v) is 26.2. The maximum absolute atomic E-state index is 11.9. The van der Waals surface area contributed by atoms with Crippen LogP contribution < -0.4 is 5.73 Å². The molecule has 0 spiro atoms. The van der Waals surface area contributed by atoms with E-state index in [0.717, 1.165) is 12.0 Å². The molecule has 0 bridgehead atoms. The Bertz CT molecular complexity index is 1390. The third-order valence-electron chi connectivity index (χ3n) is 6.64. The average molecular weight is 675 g/mol. The predicted molar refractivity (Wildman–Crippen MR) is 173 cm³/mol. The van der Waals surface area contributed by atoms with Crippen LogP contribution in [0.4, 0.5) is 5.69 Å². The number of nitrogens with zero attached hydrogens (tertiary/aromatic N) is 5. The molecule has 17 heteroatoms. The molecule has 2 aromatic rings. The van der Waals surface area contributed by atoms with E-state index in [-0.39, 0.29) is 51.5 Å². The molecule has 0 aliphatic heterocycles. The Balaban J connectivity index is 2.28. The summed E-state index contributed by atoms with van der Waals surface area (Å²) in [5.74, 6) is -4.24. The topological polar surface area (TPSA) is 239 Å². The van der Waals surface area contributed by atoms with Crippen molar-refractivity contribution in [1.29, 1.82) is 0 Å². The van der Waals surface area contributed by atoms with Crippen molar-refractivity contribution >= 4 is 53.3 Å². The number of aliphatic carboxylic acids is 3. The lowest BCUT2D eigenvalue weighted by Gasteiger charge is -2.34. The largest absolute Gasteiger partial charge is 0.508 e. The van der Waals surface area contributed by atoms with E-state index in [0.29, 0.717) is 11.3 Å². The van der Waals surface area contributed by atoms with Crippen LogP contribution in [0.25, 0.3) is 0 Å². The summed E-state index contributed by atoms with van der Waals surface area (Å²) in [6, 6.07) is 12.4. The Morgan fingerprint density at radius 2 is 1.40 bits per heavy atom. The second kappa shape index (κ2) is 20.4. The molecule has 0 saturated heterocycles. The lowest BCUT2D eigenvalue weighted by molar-refractivity contribution is -0.142. The van der Waals surface area contributed by atoms with Crippen molar-refractivity contribution < 1.29 is 49.4 Å². The average Bonchev–Trinajstić information content (AvgIpc) is 2.98. The van der Waals surface area contributed by atoms with Gasteiger partial charge in [-0.1, -0.05) is 24.3 Å². The summed E-state index contributed by atoms with van der Waals surface area (Å²) < 4.78 is 5.52. The van der Waals surface area contributed by atoms with Gasteiger partial charge in [-0.2, -0.15) is 4.99 Å². The highest BCUT2D eigenvalue weighted by atomic mass is 32.1. The van der Waals surface area contributed by atoms with Crippen LogP contribution in [0, 0.1) is 0 Å². The zero-order chi connectivity index (χ0) is 34.8. The number of aliphatic imine (C=N–C) groups is 2. The minimum atomic E-state index is -1.20. The first-order valence-corrected chi connectivity index (χ1v) is 14.6. The van der Waals surface area contributed by atoms with E-state index >= 15 is 0 Å². The van der Waals surface area contributed by atoms with E-state index in [1.807, 2.05) is 0 Å². The van der Waals surface area contributed by atoms with Crippen LogP contribution in [-0.2, 0) is 36.8 Å². The number of isothiocyanates is 1. The number of carboxylic acid groups (broad SMARTS) is 3. The first-order valence-electron chi connectivity index (χ1n) is 14.2. The van der Waals surface area contributed by atoms with Crippen LogP contribution in [0.5, 0.6) is 5.75 Å². The number of primary amides is 1. The van der Waals surface area contributed by atoms with Gasteiger partial charge in [0.05, 0.1) is 37.0 Å². The lowest BCUT2D eigenvalue weighted by atomic mass is 10.0. The van der Waals surface area contributed by atoms with Gasteiger partial charge in [-0.25, -0.2) is 4.99 Å². The van der Waals surface area contributed by atoms with Crippen molar-refractivity contribution in [2.45, 2.75) is 25.1 Å². The number of aliphatic hydroxyl groups excluding tert-OH is 1. The highest BCUT2D eigenvalue weighted by Crippen LogP contribution is 2.17. The number of thiocarbonyl (C=S) groups is 1. The van der Waals surface area contributed by atoms with Gasteiger partial charge in [-0.05, 0) is 54.0 Å². The molecule has 47 heavy (non-hydrogen) atoms. The number of hydrogen-bond acceptors (Lipinski definition) is 13. The van der Waals surface area contributed by atoms with Crippen molar-refractivity contribution in [3.63, 3.8) is 0 Å². The molecule has 2 aromatic carbocycles. The number of benzene rings is 2. The smallest absolute Gasteiger partial charge is 0.317 e. The Labute approximate surface area is 276 Å². The summed E-state index contributed by atoms with van der Waals surface area (Å²) in [6.45, 7) is -2.13. The molecule has 0 aromatic heterocycles. The molecule has 0 radical (unpaired) electrons. The van der Waals surface area contributed by atoms with Crippen molar-refractivity contribution in [1.82, 2.24) is 14.7 Å². The molecular weight excluding hydrogens is 636 g/mol. The van der Waals surface area contributed by atoms with Gasteiger partial charge in [0.1, 0.15) is 12.5 Å². The van der Waals surface area contributed by atoms with E-state index in [4.69, 9.17) is 10.5 Å². The number of amides is 1. The van der Waals surface area contributed by atoms with Crippen LogP contribution in [0.15, 0.2) is 58.5 Å². The fourth-order valence-electron chi connectivity index (χ4n) is 4.57. The van der Waals surface area contributed by atoms with Gasteiger partial charge >= 0.3 is 17.9 Å². The molecule has 0 aliphatic carbocycles. The molecule has 0 fully saturated rings. The Hall–Kier alpha value is -4.77. The standard InChI is InChI=1S/C30H38N6O10S/c31-26(38)14-35(16-29(42)43)10-9-34(15-28(40)41)13-24(11-21-1-5-23(6-2-21)33-19-47)36(17-30(44)45)20-46-18-32-27(39)12-22-3-7-25(37)8-4-22/h1-8,18,24,27,37,39H,9-17,20H2,(H2,31,38)(H,40,41)(H,42,43)(H,44,45)/b32-18+. The Morgan fingerprint density at radius 3 is 1.98 bits per heavy atom. The molecule has 0 heterocycles. The number of aromatic hydroxyl groups is 1. The van der Waals surface area contributed by atoms with Gasteiger partial charge in [0.25, 0.3) is 0 Å². The summed E-state index contributed by atoms with van der Waals surface area (Å²) in [4.78, 5) is 58.5. The number of carbonyl (C=O) groups is 4. The molecule has 254 valence electrons. The minimum absolute atomic E-state index is 0.000878. The highest BCUT2D eigenvalue weighted by Gasteiger charge is 2.26. The van der Waals surface area contributed by atoms with Crippen LogP contribution >= 0.6 is 12.2 Å². The molecule has 1 amide bonds. The fourth-order valence-corrected chi connectivity index (χ4v) is 4.67. The number of nitrogens with two attached hydrogens (primary N) is 1. The summed E-state index contributed by atoms with van der Waals surface area (Å²) >= 11 is 4.64. The fraction of sp³-hybridized carbons (Fsp3) is 0.400. The molecule has 0 saturated carbocycles. The second-order valence-electron chi connectivity index (χ2n) is 10.5. The van der Waals surface area contributed by atoms with Gasteiger partial charge < -0.3 is 36.0 Å². The summed E-state index contributed by atoms with van der Waals surface area (Å²) in [6.07, 6.45) is 0.174. The van der Waals surface area contributed by atoms with E-state index in [1.165, 1.54) is 26.8 Å². The number of phenols is 1. The lowest BCUT2D eigenvalue weighted by Crippen LogP contribution is -2.51. The molecule has 2 rings (SSSR count). The zero-order valence-electron chi connectivity index (χ0n) is 25.4. The normalized spacial score (nSPS) is 12.6. The van der Waals surface area contributed by atoms with Gasteiger partial charge in [0.2, 0.25) is 5.91 Å². The van der Waals surface area contributed by atoms with Gasteiger partial charge in [-0.15, -0.1) is 0 Å². The number of aliphatic hydroxyl groups is 1. The van der Waals surface area contributed by atoms with Gasteiger partial charge in [-0.3, -0.25) is 33.9 Å². The number of phenolic OH excluding ortho intramolecular Hbond substituents is 1. The third-order valence-corrected chi connectivity index (χ3v) is 6.73. The predicted octanol–water partition coefficient (Wildman–Crippen LogP) is 0.246. The summed E-state index contributed by atoms with van der Waals surface area (Å²) in [5, 5.41) is 50.5. The summed E-state index contributed by atoms with van der Waals surface area (Å²) in [5.41, 5.74) is 7.26. The highest BCUT2D eigenvalue weighted by molar-refractivity contribution is 7.78. The maximum atomic E-state index is 11.9. The van der Waals surface area contributed by atoms with Crippen LogP contribution in [0.3, 0.4) is 0 Å². The first-order chi connectivity index (χ1) is 22.3. The maximum Gasteiger partial charge on any atom is 0.317 e. The number of rotatable bonds is 23. The van der Waals surface area contributed by atoms with Gasteiger partial charge in [0, 0.05) is 32.1 Å². The Morgan fingerprint density at radius 1 is 0.851 bits per heavy atom. The van der Waals surface area contributed by atoms with Crippen molar-refractivity contribution in [2.75, 3.05) is 52.5 Å². The number of ether oxygens (including phenoxy) is 1. The molecule has 0 aliphatic rings. The minimum Gasteiger partial charge on any atom is -0.508 e. The Kier molecular flexibility index (Phi) is 16.7. The quantitative estimate of drug-likeness (QED) is 0.0401. The first kappa shape index (κ1) is 38.4. The summed E-state index contributed by atoms with van der Waals surface area (Å²) in [7, 11) is 0. The van der Waals surface area contributed by atoms with Crippen molar-refractivity contribution in [3.8, 4) is 5.75 Å². The van der Waals surface area contributed by atoms with Gasteiger partial charge in [0.15, 0.2) is 12.6 Å². The third kappa shape index (κ3) is 16.4. The van der Waals surface area contributed by atoms with Crippen molar-refractivity contribution in [3.05, 3.63) is 59.7 Å². The van der Waals surface area contributed by atoms with Crippen LogP contribution in [0.2, 0.25) is 0 Å².